The Bertz CT molecular complexity index is 1220. The number of carboxylic acids is 1. The summed E-state index contributed by atoms with van der Waals surface area (Å²) in [5.41, 5.74) is 4.16. The van der Waals surface area contributed by atoms with Crippen LogP contribution in [0.25, 0.3) is 11.1 Å². The van der Waals surface area contributed by atoms with Crippen LogP contribution in [0.4, 0.5) is 11.5 Å². The van der Waals surface area contributed by atoms with E-state index >= 15 is 0 Å². The van der Waals surface area contributed by atoms with Crippen LogP contribution in [0.1, 0.15) is 47.8 Å². The van der Waals surface area contributed by atoms with Crippen molar-refractivity contribution in [1.82, 2.24) is 4.98 Å². The number of carboxylic acid groups (broad SMARTS) is 1. The molecule has 2 atom stereocenters. The summed E-state index contributed by atoms with van der Waals surface area (Å²) in [4.78, 5) is 29.5. The fourth-order valence-electron chi connectivity index (χ4n) is 4.18. The predicted octanol–water partition coefficient (Wildman–Crippen LogP) is 0.286. The van der Waals surface area contributed by atoms with E-state index in [1.54, 1.807) is 36.1 Å². The van der Waals surface area contributed by atoms with E-state index in [0.717, 1.165) is 22.4 Å². The van der Waals surface area contributed by atoms with Crippen molar-refractivity contribution in [3.05, 3.63) is 77.5 Å². The first-order chi connectivity index (χ1) is 15.4. The number of rotatable bonds is 4. The van der Waals surface area contributed by atoms with Gasteiger partial charge in [-0.3, -0.25) is 4.79 Å². The molecule has 0 saturated heterocycles. The molecule has 8 heteroatoms. The third-order valence-electron chi connectivity index (χ3n) is 5.69. The maximum absolute atomic E-state index is 12.4. The topological polar surface area (TPSA) is 109 Å². The molecular formula is C25H21LiN4O3. The van der Waals surface area contributed by atoms with E-state index < -0.39 is 5.97 Å². The molecule has 0 unspecified atom stereocenters. The van der Waals surface area contributed by atoms with E-state index in [1.807, 2.05) is 25.1 Å². The van der Waals surface area contributed by atoms with Crippen molar-refractivity contribution >= 4 is 23.4 Å². The number of nitrogens with zero attached hydrogens (tertiary/aromatic N) is 3. The number of carbonyl (C=O) groups is 2. The first kappa shape index (κ1) is 24.1. The van der Waals surface area contributed by atoms with Gasteiger partial charge in [-0.15, -0.1) is 0 Å². The van der Waals surface area contributed by atoms with Gasteiger partial charge in [0.25, 0.3) is 0 Å². The zero-order valence-electron chi connectivity index (χ0n) is 18.7. The average Bonchev–Trinajstić information content (AvgIpc) is 2.79. The summed E-state index contributed by atoms with van der Waals surface area (Å²) in [6, 6.07) is 17.8. The quantitative estimate of drug-likeness (QED) is 0.594. The van der Waals surface area contributed by atoms with Crippen LogP contribution in [-0.4, -0.2) is 22.9 Å². The van der Waals surface area contributed by atoms with E-state index in [9.17, 15) is 14.7 Å². The Morgan fingerprint density at radius 1 is 1.12 bits per heavy atom. The fourth-order valence-corrected chi connectivity index (χ4v) is 4.18. The van der Waals surface area contributed by atoms with E-state index in [4.69, 9.17) is 5.26 Å². The zero-order valence-corrected chi connectivity index (χ0v) is 18.7. The first-order valence-corrected chi connectivity index (χ1v) is 10.3. The Hall–Kier alpha value is -3.58. The monoisotopic (exact) mass is 432 g/mol. The maximum Gasteiger partial charge on any atom is 1.00 e. The molecule has 2 heterocycles. The van der Waals surface area contributed by atoms with Gasteiger partial charge in [-0.2, -0.15) is 5.26 Å². The molecule has 1 aliphatic heterocycles. The van der Waals surface area contributed by atoms with Crippen LogP contribution < -0.4 is 34.2 Å². The van der Waals surface area contributed by atoms with E-state index in [0.29, 0.717) is 17.8 Å². The number of benzene rings is 2. The van der Waals surface area contributed by atoms with Gasteiger partial charge < -0.3 is 20.1 Å². The Labute approximate surface area is 204 Å². The van der Waals surface area contributed by atoms with Gasteiger partial charge in [0.05, 0.1) is 17.6 Å². The third kappa shape index (κ3) is 4.93. The molecule has 4 rings (SSSR count). The van der Waals surface area contributed by atoms with E-state index in [-0.39, 0.29) is 42.4 Å². The van der Waals surface area contributed by atoms with Crippen molar-refractivity contribution in [3.8, 4) is 17.2 Å². The molecule has 0 bridgehead atoms. The number of nitriles is 1. The van der Waals surface area contributed by atoms with Crippen molar-refractivity contribution in [3.63, 3.8) is 0 Å². The molecule has 0 saturated carbocycles. The number of aromatic carboxylic acids is 1. The molecular weight excluding hydrogens is 411 g/mol. The standard InChI is InChI=1S/C25H22N4O3.Li/c1-15-11-22(28-24-10-3-17(13-26)14-27-24)21-12-20(8-9-23(21)29(15)16(2)30)18-4-6-19(7-5-18)25(31)32;/h3-10,12,14-15,22H,11H2,1-2H3,(H,27,28)(H,31,32);/q;+1/p-1/t15-,22+;/m0./s1. The van der Waals surface area contributed by atoms with Gasteiger partial charge in [0.1, 0.15) is 11.9 Å². The SMILES string of the molecule is CC(=O)N1c2ccc(-c3ccc(C(=O)[O-])cc3)cc2[C@H](Nc2ccc(C#N)cn2)C[C@@H]1C.[Li+]. The Morgan fingerprint density at radius 2 is 1.82 bits per heavy atom. The minimum Gasteiger partial charge on any atom is -0.545 e. The normalized spacial score (nSPS) is 16.7. The second kappa shape index (κ2) is 9.91. The molecule has 3 aromatic rings. The largest absolute Gasteiger partial charge is 1.00 e. The van der Waals surface area contributed by atoms with Gasteiger partial charge in [0.15, 0.2) is 0 Å². The molecule has 1 aromatic heterocycles. The van der Waals surface area contributed by atoms with Crippen LogP contribution >= 0.6 is 0 Å². The van der Waals surface area contributed by atoms with Crippen molar-refractivity contribution in [1.29, 1.82) is 5.26 Å². The molecule has 0 aliphatic carbocycles. The summed E-state index contributed by atoms with van der Waals surface area (Å²) in [6.07, 6.45) is 2.20. The van der Waals surface area contributed by atoms with Crippen molar-refractivity contribution in [2.24, 2.45) is 0 Å². The molecule has 1 amide bonds. The van der Waals surface area contributed by atoms with Crippen LogP contribution in [-0.2, 0) is 4.79 Å². The number of hydrogen-bond acceptors (Lipinski definition) is 6. The van der Waals surface area contributed by atoms with E-state index in [1.165, 1.54) is 18.3 Å². The molecule has 7 nitrogen and oxygen atoms in total. The summed E-state index contributed by atoms with van der Waals surface area (Å²) < 4.78 is 0. The van der Waals surface area contributed by atoms with E-state index in [2.05, 4.69) is 16.4 Å². The second-order valence-electron chi connectivity index (χ2n) is 7.85. The molecule has 2 aromatic carbocycles. The molecule has 0 fully saturated rings. The van der Waals surface area contributed by atoms with Crippen molar-refractivity contribution in [2.75, 3.05) is 10.2 Å². The number of hydrogen-bond donors (Lipinski definition) is 1. The van der Waals surface area contributed by atoms with Gasteiger partial charge in [-0.05, 0) is 59.9 Å². The van der Waals surface area contributed by atoms with Crippen molar-refractivity contribution < 1.29 is 33.6 Å². The maximum atomic E-state index is 12.4. The minimum absolute atomic E-state index is 0. The number of pyridine rings is 1. The number of anilines is 2. The molecule has 0 spiro atoms. The van der Waals surface area contributed by atoms with Crippen LogP contribution in [0.3, 0.4) is 0 Å². The van der Waals surface area contributed by atoms with Gasteiger partial charge in [0.2, 0.25) is 5.91 Å². The van der Waals surface area contributed by atoms with Gasteiger partial charge in [-0.25, -0.2) is 4.98 Å². The van der Waals surface area contributed by atoms with Gasteiger partial charge in [0, 0.05) is 24.8 Å². The number of amides is 1. The molecule has 33 heavy (non-hydrogen) atoms. The van der Waals surface area contributed by atoms with Crippen LogP contribution in [0.5, 0.6) is 0 Å². The molecule has 160 valence electrons. The van der Waals surface area contributed by atoms with Crippen molar-refractivity contribution in [2.45, 2.75) is 32.4 Å². The second-order valence-corrected chi connectivity index (χ2v) is 7.85. The summed E-state index contributed by atoms with van der Waals surface area (Å²) in [6.45, 7) is 3.57. The molecule has 0 radical (unpaired) electrons. The summed E-state index contributed by atoms with van der Waals surface area (Å²) >= 11 is 0. The first-order valence-electron chi connectivity index (χ1n) is 10.3. The Balaban J connectivity index is 0.00000306. The average molecular weight is 432 g/mol. The summed E-state index contributed by atoms with van der Waals surface area (Å²) in [5, 5.41) is 23.5. The number of carbonyl (C=O) groups excluding carboxylic acids is 2. The molecule has 1 aliphatic rings. The minimum atomic E-state index is -1.22. The Morgan fingerprint density at radius 3 is 2.39 bits per heavy atom. The van der Waals surface area contributed by atoms with Crippen LogP contribution in [0.15, 0.2) is 60.8 Å². The summed E-state index contributed by atoms with van der Waals surface area (Å²) in [5.74, 6) is -0.598. The zero-order chi connectivity index (χ0) is 22.8. The Kier molecular flexibility index (Phi) is 7.23. The number of nitrogens with one attached hydrogen (secondary N) is 1. The van der Waals surface area contributed by atoms with Crippen LogP contribution in [0.2, 0.25) is 0 Å². The smallest absolute Gasteiger partial charge is 0.545 e. The third-order valence-corrected chi connectivity index (χ3v) is 5.69. The predicted molar refractivity (Wildman–Crippen MR) is 119 cm³/mol. The summed E-state index contributed by atoms with van der Waals surface area (Å²) in [7, 11) is 0. The molecule has 1 N–H and O–H groups in total. The van der Waals surface area contributed by atoms with Crippen LogP contribution in [0, 0.1) is 11.3 Å². The number of aromatic nitrogens is 1. The van der Waals surface area contributed by atoms with Gasteiger partial charge >= 0.3 is 18.9 Å². The number of fused-ring (bicyclic) bond motifs is 1. The van der Waals surface area contributed by atoms with Gasteiger partial charge in [-0.1, -0.05) is 30.3 Å². The fraction of sp³-hybridized carbons (Fsp3) is 0.200.